The van der Waals surface area contributed by atoms with Crippen molar-refractivity contribution in [2.45, 2.75) is 6.67 Å². The number of ether oxygens (including phenoxy) is 1. The predicted octanol–water partition coefficient (Wildman–Crippen LogP) is 1.80. The van der Waals surface area contributed by atoms with Gasteiger partial charge in [-0.2, -0.15) is 0 Å². The molecule has 0 unspecified atom stereocenters. The molecule has 5 nitrogen and oxygen atoms in total. The highest BCUT2D eigenvalue weighted by atomic mass is 32.1. The van der Waals surface area contributed by atoms with Crippen LogP contribution in [0.5, 0.6) is 5.75 Å². The fourth-order valence-electron chi connectivity index (χ4n) is 2.80. The molecule has 1 aliphatic rings. The van der Waals surface area contributed by atoms with E-state index in [2.05, 4.69) is 9.89 Å². The smallest absolute Gasteiger partial charge is 0.271 e. The molecule has 2 aromatic carbocycles. The van der Waals surface area contributed by atoms with Crippen LogP contribution in [0.1, 0.15) is 5.56 Å². The van der Waals surface area contributed by atoms with Crippen molar-refractivity contribution in [3.8, 4) is 5.75 Å². The van der Waals surface area contributed by atoms with Crippen LogP contribution in [0.3, 0.4) is 0 Å². The third-order valence-electron chi connectivity index (χ3n) is 4.09. The third kappa shape index (κ3) is 3.08. The highest BCUT2D eigenvalue weighted by Gasteiger charge is 2.15. The van der Waals surface area contributed by atoms with Gasteiger partial charge in [-0.25, -0.2) is 4.99 Å². The number of fused-ring (bicyclic) bond motifs is 1. The SMILES string of the molecule is COc1cccc(C=c2sc3n(c2=O)CN(c2ccccc2)CN=3)c1. The van der Waals surface area contributed by atoms with Gasteiger partial charge in [0.25, 0.3) is 5.56 Å². The minimum Gasteiger partial charge on any atom is -0.497 e. The second-order valence-electron chi connectivity index (χ2n) is 5.72. The Kier molecular flexibility index (Phi) is 4.11. The van der Waals surface area contributed by atoms with E-state index in [0.29, 0.717) is 17.9 Å². The van der Waals surface area contributed by atoms with E-state index in [1.165, 1.54) is 11.3 Å². The molecule has 4 rings (SSSR count). The van der Waals surface area contributed by atoms with Crippen LogP contribution in [0.25, 0.3) is 6.08 Å². The van der Waals surface area contributed by atoms with Gasteiger partial charge in [0.1, 0.15) is 19.1 Å². The summed E-state index contributed by atoms with van der Waals surface area (Å²) in [7, 11) is 1.63. The van der Waals surface area contributed by atoms with E-state index in [1.54, 1.807) is 11.7 Å². The topological polar surface area (TPSA) is 46.8 Å². The van der Waals surface area contributed by atoms with Crippen molar-refractivity contribution < 1.29 is 4.74 Å². The number of para-hydroxylation sites is 1. The molecule has 0 radical (unpaired) electrons. The second-order valence-corrected chi connectivity index (χ2v) is 6.73. The van der Waals surface area contributed by atoms with Gasteiger partial charge in [0, 0.05) is 5.69 Å². The first-order valence-corrected chi connectivity index (χ1v) is 8.76. The van der Waals surface area contributed by atoms with Gasteiger partial charge in [-0.05, 0) is 35.9 Å². The Hall–Kier alpha value is -2.86. The number of aromatic nitrogens is 1. The van der Waals surface area contributed by atoms with Gasteiger partial charge in [-0.1, -0.05) is 41.7 Å². The monoisotopic (exact) mass is 351 g/mol. The molecule has 0 saturated heterocycles. The molecule has 0 bridgehead atoms. The number of hydrogen-bond donors (Lipinski definition) is 0. The highest BCUT2D eigenvalue weighted by molar-refractivity contribution is 7.07. The minimum absolute atomic E-state index is 0.00722. The van der Waals surface area contributed by atoms with Gasteiger partial charge >= 0.3 is 0 Å². The van der Waals surface area contributed by atoms with Gasteiger partial charge < -0.3 is 9.64 Å². The van der Waals surface area contributed by atoms with Gasteiger partial charge in [0.2, 0.25) is 0 Å². The molecule has 0 spiro atoms. The lowest BCUT2D eigenvalue weighted by Crippen LogP contribution is -2.42. The van der Waals surface area contributed by atoms with Crippen molar-refractivity contribution >= 4 is 23.1 Å². The van der Waals surface area contributed by atoms with Crippen LogP contribution in [-0.2, 0) is 6.67 Å². The molecule has 25 heavy (non-hydrogen) atoms. The fourth-order valence-corrected chi connectivity index (χ4v) is 3.76. The first-order chi connectivity index (χ1) is 12.2. The number of thiazole rings is 1. The molecular weight excluding hydrogens is 334 g/mol. The Balaban J connectivity index is 1.72. The molecule has 1 aromatic heterocycles. The normalized spacial score (nSPS) is 14.1. The highest BCUT2D eigenvalue weighted by Crippen LogP contribution is 2.15. The molecule has 0 fully saturated rings. The quantitative estimate of drug-likeness (QED) is 0.723. The summed E-state index contributed by atoms with van der Waals surface area (Å²) in [5, 5.41) is 0. The zero-order valence-corrected chi connectivity index (χ0v) is 14.6. The summed E-state index contributed by atoms with van der Waals surface area (Å²) in [5.41, 5.74) is 2.00. The fraction of sp³-hybridized carbons (Fsp3) is 0.158. The molecule has 2 heterocycles. The molecule has 0 saturated carbocycles. The molecule has 126 valence electrons. The summed E-state index contributed by atoms with van der Waals surface area (Å²) in [5.74, 6) is 0.773. The average Bonchev–Trinajstić information content (AvgIpc) is 2.98. The van der Waals surface area contributed by atoms with Crippen LogP contribution < -0.4 is 24.5 Å². The Labute approximate surface area is 148 Å². The van der Waals surface area contributed by atoms with Crippen LogP contribution in [0, 0.1) is 0 Å². The summed E-state index contributed by atoms with van der Waals surface area (Å²) in [6, 6.07) is 17.7. The molecule has 0 atom stereocenters. The average molecular weight is 351 g/mol. The van der Waals surface area contributed by atoms with Crippen LogP contribution in [0.2, 0.25) is 0 Å². The summed E-state index contributed by atoms with van der Waals surface area (Å²) >= 11 is 1.43. The maximum absolute atomic E-state index is 12.8. The Bertz CT molecular complexity index is 1070. The minimum atomic E-state index is -0.00722. The van der Waals surface area contributed by atoms with Crippen LogP contribution in [0.15, 0.2) is 64.4 Å². The van der Waals surface area contributed by atoms with E-state index < -0.39 is 0 Å². The summed E-state index contributed by atoms with van der Waals surface area (Å²) < 4.78 is 7.65. The molecule has 0 aliphatic carbocycles. The van der Waals surface area contributed by atoms with E-state index in [1.807, 2.05) is 60.7 Å². The van der Waals surface area contributed by atoms with E-state index in [4.69, 9.17) is 4.74 Å². The van der Waals surface area contributed by atoms with E-state index >= 15 is 0 Å². The van der Waals surface area contributed by atoms with E-state index in [-0.39, 0.29) is 5.56 Å². The summed E-state index contributed by atoms with van der Waals surface area (Å²) in [6.07, 6.45) is 1.89. The van der Waals surface area contributed by atoms with Crippen molar-refractivity contribution in [2.75, 3.05) is 18.7 Å². The molecular formula is C19H17N3O2S. The van der Waals surface area contributed by atoms with Crippen molar-refractivity contribution in [2.24, 2.45) is 4.99 Å². The van der Waals surface area contributed by atoms with Crippen LogP contribution >= 0.6 is 11.3 Å². The molecule has 3 aromatic rings. The number of anilines is 1. The Morgan fingerprint density at radius 1 is 1.16 bits per heavy atom. The Morgan fingerprint density at radius 3 is 2.80 bits per heavy atom. The number of methoxy groups -OCH3 is 1. The first-order valence-electron chi connectivity index (χ1n) is 7.94. The van der Waals surface area contributed by atoms with Gasteiger partial charge in [-0.15, -0.1) is 0 Å². The molecule has 0 N–H and O–H groups in total. The lowest BCUT2D eigenvalue weighted by Gasteiger charge is -2.25. The number of benzene rings is 2. The Morgan fingerprint density at radius 2 is 2.00 bits per heavy atom. The van der Waals surface area contributed by atoms with Crippen LogP contribution in [0.4, 0.5) is 5.69 Å². The number of hydrogen-bond acceptors (Lipinski definition) is 5. The molecule has 1 aliphatic heterocycles. The molecule has 0 amide bonds. The lowest BCUT2D eigenvalue weighted by atomic mass is 10.2. The standard InChI is InChI=1S/C19H17N3O2S/c1-24-16-9-5-6-14(10-16)11-17-18(23)22-13-21(12-20-19(22)25-17)15-7-3-2-4-8-15/h2-11H,12-13H2,1H3. The predicted molar refractivity (Wildman–Crippen MR) is 99.7 cm³/mol. The van der Waals surface area contributed by atoms with Gasteiger partial charge in [0.15, 0.2) is 4.80 Å². The van der Waals surface area contributed by atoms with Gasteiger partial charge in [0.05, 0.1) is 11.6 Å². The van der Waals surface area contributed by atoms with Crippen molar-refractivity contribution in [1.29, 1.82) is 0 Å². The second kappa shape index (κ2) is 6.57. The zero-order chi connectivity index (χ0) is 17.2. The first kappa shape index (κ1) is 15.7. The largest absolute Gasteiger partial charge is 0.497 e. The van der Waals surface area contributed by atoms with Crippen molar-refractivity contribution in [3.05, 3.63) is 79.8 Å². The van der Waals surface area contributed by atoms with Gasteiger partial charge in [-0.3, -0.25) is 9.36 Å². The molecule has 6 heteroatoms. The summed E-state index contributed by atoms with van der Waals surface area (Å²) in [6.45, 7) is 1.08. The lowest BCUT2D eigenvalue weighted by molar-refractivity contribution is 0.414. The van der Waals surface area contributed by atoms with Crippen molar-refractivity contribution in [1.82, 2.24) is 4.57 Å². The third-order valence-corrected chi connectivity index (χ3v) is 5.13. The van der Waals surface area contributed by atoms with E-state index in [0.717, 1.165) is 21.8 Å². The van der Waals surface area contributed by atoms with E-state index in [9.17, 15) is 4.79 Å². The van der Waals surface area contributed by atoms with Crippen LogP contribution in [-0.4, -0.2) is 18.3 Å². The number of nitrogens with zero attached hydrogens (tertiary/aromatic N) is 3. The number of rotatable bonds is 3. The van der Waals surface area contributed by atoms with Crippen molar-refractivity contribution in [3.63, 3.8) is 0 Å². The summed E-state index contributed by atoms with van der Waals surface area (Å²) in [4.78, 5) is 20.2. The zero-order valence-electron chi connectivity index (χ0n) is 13.8. The maximum Gasteiger partial charge on any atom is 0.271 e. The maximum atomic E-state index is 12.8.